The number of benzene rings is 2. The number of amides is 1. The zero-order valence-corrected chi connectivity index (χ0v) is 16.5. The van der Waals surface area contributed by atoms with E-state index in [-0.39, 0.29) is 5.91 Å². The Bertz CT molecular complexity index is 753. The smallest absolute Gasteiger partial charge is 0.256 e. The highest BCUT2D eigenvalue weighted by molar-refractivity contribution is 5.97. The molecule has 1 aliphatic heterocycles. The van der Waals surface area contributed by atoms with Crippen molar-refractivity contribution in [3.63, 3.8) is 0 Å². The summed E-state index contributed by atoms with van der Waals surface area (Å²) in [4.78, 5) is 12.7. The van der Waals surface area contributed by atoms with Crippen LogP contribution in [0.5, 0.6) is 11.5 Å². The van der Waals surface area contributed by atoms with Crippen LogP contribution >= 0.6 is 0 Å². The zero-order chi connectivity index (χ0) is 19.8. The van der Waals surface area contributed by atoms with E-state index in [1.165, 1.54) is 5.56 Å². The molecule has 1 aliphatic rings. The molecule has 28 heavy (non-hydrogen) atoms. The van der Waals surface area contributed by atoms with E-state index in [1.807, 2.05) is 48.5 Å². The van der Waals surface area contributed by atoms with Crippen LogP contribution in [0.4, 0.5) is 5.69 Å². The lowest BCUT2D eigenvalue weighted by molar-refractivity contribution is -0.140. The van der Waals surface area contributed by atoms with Gasteiger partial charge in [0.1, 0.15) is 17.1 Å². The van der Waals surface area contributed by atoms with Gasteiger partial charge in [-0.2, -0.15) is 0 Å². The second-order valence-electron chi connectivity index (χ2n) is 6.92. The predicted octanol–water partition coefficient (Wildman–Crippen LogP) is 3.37. The van der Waals surface area contributed by atoms with E-state index in [4.69, 9.17) is 14.2 Å². The van der Waals surface area contributed by atoms with E-state index < -0.39 is 5.60 Å². The van der Waals surface area contributed by atoms with Crippen LogP contribution in [0.2, 0.25) is 0 Å². The van der Waals surface area contributed by atoms with Crippen LogP contribution in [-0.4, -0.2) is 45.4 Å². The highest BCUT2D eigenvalue weighted by atomic mass is 16.5. The second kappa shape index (κ2) is 9.68. The lowest BCUT2D eigenvalue weighted by Crippen LogP contribution is -2.51. The summed E-state index contributed by atoms with van der Waals surface area (Å²) in [7, 11) is 3.30. The van der Waals surface area contributed by atoms with Crippen molar-refractivity contribution in [2.24, 2.45) is 0 Å². The van der Waals surface area contributed by atoms with E-state index in [2.05, 4.69) is 10.6 Å². The van der Waals surface area contributed by atoms with Crippen LogP contribution in [0.15, 0.2) is 48.5 Å². The summed E-state index contributed by atoms with van der Waals surface area (Å²) in [5, 5.41) is 6.22. The summed E-state index contributed by atoms with van der Waals surface area (Å²) in [5.74, 6) is 1.38. The van der Waals surface area contributed by atoms with Gasteiger partial charge in [-0.1, -0.05) is 12.1 Å². The highest BCUT2D eigenvalue weighted by Gasteiger charge is 2.39. The van der Waals surface area contributed by atoms with Gasteiger partial charge in [0.2, 0.25) is 0 Å². The first-order chi connectivity index (χ1) is 13.6. The molecule has 150 valence electrons. The summed E-state index contributed by atoms with van der Waals surface area (Å²) in [6.07, 6.45) is 2.21. The Morgan fingerprint density at radius 1 is 1.00 bits per heavy atom. The molecule has 3 rings (SSSR count). The maximum absolute atomic E-state index is 12.7. The monoisotopic (exact) mass is 384 g/mol. The average Bonchev–Trinajstić information content (AvgIpc) is 2.75. The van der Waals surface area contributed by atoms with E-state index in [0.717, 1.165) is 30.9 Å². The van der Waals surface area contributed by atoms with Gasteiger partial charge in [0.05, 0.1) is 6.61 Å². The number of rotatable bonds is 8. The Balaban J connectivity index is 1.58. The first-order valence-corrected chi connectivity index (χ1v) is 9.58. The third-order valence-corrected chi connectivity index (χ3v) is 5.08. The molecule has 2 aromatic rings. The van der Waals surface area contributed by atoms with Crippen molar-refractivity contribution >= 4 is 11.6 Å². The summed E-state index contributed by atoms with van der Waals surface area (Å²) in [6, 6.07) is 15.3. The van der Waals surface area contributed by atoms with Crippen LogP contribution in [-0.2, 0) is 20.7 Å². The van der Waals surface area contributed by atoms with Gasteiger partial charge in [-0.05, 0) is 74.3 Å². The largest absolute Gasteiger partial charge is 0.457 e. The molecule has 0 unspecified atom stereocenters. The molecular formula is C22H28N2O4. The fourth-order valence-electron chi connectivity index (χ4n) is 3.29. The maximum Gasteiger partial charge on any atom is 0.256 e. The summed E-state index contributed by atoms with van der Waals surface area (Å²) in [6.45, 7) is 2.25. The van der Waals surface area contributed by atoms with Crippen LogP contribution in [0.3, 0.4) is 0 Å². The summed E-state index contributed by atoms with van der Waals surface area (Å²) >= 11 is 0. The fraction of sp³-hybridized carbons (Fsp3) is 0.409. The van der Waals surface area contributed by atoms with Crippen molar-refractivity contribution in [2.75, 3.05) is 39.2 Å². The minimum Gasteiger partial charge on any atom is -0.457 e. The Labute approximate surface area is 166 Å². The van der Waals surface area contributed by atoms with Gasteiger partial charge in [0.25, 0.3) is 5.91 Å². The predicted molar refractivity (Wildman–Crippen MR) is 109 cm³/mol. The third-order valence-electron chi connectivity index (χ3n) is 5.08. The Kier molecular flexibility index (Phi) is 7.03. The molecule has 6 nitrogen and oxygen atoms in total. The fourth-order valence-corrected chi connectivity index (χ4v) is 3.29. The van der Waals surface area contributed by atoms with E-state index in [1.54, 1.807) is 14.2 Å². The van der Waals surface area contributed by atoms with Crippen molar-refractivity contribution in [1.29, 1.82) is 0 Å². The number of carbonyl (C=O) groups excluding carboxylic acids is 1. The first kappa shape index (κ1) is 20.3. The minimum absolute atomic E-state index is 0.100. The zero-order valence-electron chi connectivity index (χ0n) is 16.5. The Morgan fingerprint density at radius 2 is 1.61 bits per heavy atom. The summed E-state index contributed by atoms with van der Waals surface area (Å²) in [5.41, 5.74) is 1.17. The molecule has 0 aromatic heterocycles. The lowest BCUT2D eigenvalue weighted by Gasteiger charge is -2.34. The average molecular weight is 384 g/mol. The number of hydrogen-bond acceptors (Lipinski definition) is 5. The quantitative estimate of drug-likeness (QED) is 0.730. The molecule has 0 spiro atoms. The van der Waals surface area contributed by atoms with Gasteiger partial charge in [-0.15, -0.1) is 0 Å². The van der Waals surface area contributed by atoms with Gasteiger partial charge < -0.3 is 24.8 Å². The number of ether oxygens (including phenoxy) is 3. The molecule has 1 amide bonds. The molecular weight excluding hydrogens is 356 g/mol. The molecule has 0 atom stereocenters. The van der Waals surface area contributed by atoms with E-state index in [0.29, 0.717) is 25.2 Å². The van der Waals surface area contributed by atoms with Crippen LogP contribution in [0, 0.1) is 0 Å². The molecule has 2 N–H and O–H groups in total. The number of anilines is 1. The number of carbonyl (C=O) groups is 1. The van der Waals surface area contributed by atoms with Crippen molar-refractivity contribution in [3.8, 4) is 11.5 Å². The van der Waals surface area contributed by atoms with Gasteiger partial charge in [-0.25, -0.2) is 0 Å². The topological polar surface area (TPSA) is 68.8 Å². The first-order valence-electron chi connectivity index (χ1n) is 9.58. The van der Waals surface area contributed by atoms with Crippen molar-refractivity contribution in [2.45, 2.75) is 24.9 Å². The van der Waals surface area contributed by atoms with Crippen LogP contribution in [0.25, 0.3) is 0 Å². The maximum atomic E-state index is 12.7. The Hall–Kier alpha value is -2.41. The number of hydrogen-bond donors (Lipinski definition) is 2. The van der Waals surface area contributed by atoms with Gasteiger partial charge in [-0.3, -0.25) is 4.79 Å². The van der Waals surface area contributed by atoms with Crippen LogP contribution < -0.4 is 15.4 Å². The normalized spacial score (nSPS) is 15.8. The van der Waals surface area contributed by atoms with Gasteiger partial charge >= 0.3 is 0 Å². The second-order valence-corrected chi connectivity index (χ2v) is 6.92. The number of piperidine rings is 1. The molecule has 1 fully saturated rings. The van der Waals surface area contributed by atoms with Crippen molar-refractivity contribution in [3.05, 3.63) is 54.1 Å². The highest BCUT2D eigenvalue weighted by Crippen LogP contribution is 2.27. The lowest BCUT2D eigenvalue weighted by atomic mass is 9.91. The van der Waals surface area contributed by atoms with Crippen LogP contribution in [0.1, 0.15) is 18.4 Å². The van der Waals surface area contributed by atoms with E-state index in [9.17, 15) is 4.79 Å². The summed E-state index contributed by atoms with van der Waals surface area (Å²) < 4.78 is 16.5. The number of nitrogens with one attached hydrogen (secondary N) is 2. The van der Waals surface area contributed by atoms with Crippen molar-refractivity contribution in [1.82, 2.24) is 5.32 Å². The Morgan fingerprint density at radius 3 is 2.18 bits per heavy atom. The minimum atomic E-state index is -0.759. The SMILES string of the molecule is COCCc1ccc(Oc2ccc(NC(=O)C3(OC)CCNCC3)cc2)cc1. The van der Waals surface area contributed by atoms with Gasteiger partial charge in [0.15, 0.2) is 0 Å². The molecule has 6 heteroatoms. The molecule has 0 radical (unpaired) electrons. The molecule has 0 saturated carbocycles. The number of methoxy groups -OCH3 is 2. The van der Waals surface area contributed by atoms with Gasteiger partial charge in [0, 0.05) is 19.9 Å². The third kappa shape index (κ3) is 5.10. The molecule has 0 bridgehead atoms. The molecule has 1 heterocycles. The standard InChI is InChI=1S/C22H28N2O4/c1-26-16-11-17-3-7-19(8-4-17)28-20-9-5-18(6-10-20)24-21(25)22(27-2)12-14-23-15-13-22/h3-10,23H,11-16H2,1-2H3,(H,24,25). The molecule has 2 aromatic carbocycles. The molecule has 1 saturated heterocycles. The van der Waals surface area contributed by atoms with Crippen molar-refractivity contribution < 1.29 is 19.0 Å². The van der Waals surface area contributed by atoms with E-state index >= 15 is 0 Å². The molecule has 0 aliphatic carbocycles.